The van der Waals surface area contributed by atoms with Gasteiger partial charge in [-0.2, -0.15) is 13.2 Å². The Morgan fingerprint density at radius 3 is 2.59 bits per heavy atom. The Morgan fingerprint density at radius 1 is 1.23 bits per heavy atom. The lowest BCUT2D eigenvalue weighted by Crippen LogP contribution is -2.43. The minimum absolute atomic E-state index is 0.00954. The zero-order valence-electron chi connectivity index (χ0n) is 11.6. The first-order valence-electron chi connectivity index (χ1n) is 6.85. The molecule has 2 aromatic rings. The van der Waals surface area contributed by atoms with Crippen molar-refractivity contribution in [2.45, 2.75) is 12.2 Å². The maximum absolute atomic E-state index is 12.7. The zero-order valence-corrected chi connectivity index (χ0v) is 11.6. The Morgan fingerprint density at radius 2 is 1.95 bits per heavy atom. The Labute approximate surface area is 125 Å². The zero-order chi connectivity index (χ0) is 15.7. The molecule has 0 bridgehead atoms. The van der Waals surface area contributed by atoms with Crippen LogP contribution >= 0.6 is 0 Å². The van der Waals surface area contributed by atoms with Crippen LogP contribution in [0, 0.1) is 0 Å². The van der Waals surface area contributed by atoms with Crippen molar-refractivity contribution in [3.05, 3.63) is 48.2 Å². The molecule has 7 heteroatoms. The van der Waals surface area contributed by atoms with Gasteiger partial charge in [0.15, 0.2) is 0 Å². The normalized spacial score (nSPS) is 17.8. The van der Waals surface area contributed by atoms with Gasteiger partial charge in [0, 0.05) is 25.0 Å². The number of benzene rings is 1. The fourth-order valence-corrected chi connectivity index (χ4v) is 2.49. The third-order valence-corrected chi connectivity index (χ3v) is 3.61. The lowest BCUT2D eigenvalue weighted by molar-refractivity contribution is -0.137. The van der Waals surface area contributed by atoms with Crippen molar-refractivity contribution in [2.75, 3.05) is 23.3 Å². The SMILES string of the molecule is NCC1CN(c2ccc(C(F)(F)F)cc2)c2cccnc2N1. The fraction of sp³-hybridized carbons (Fsp3) is 0.267. The van der Waals surface area contributed by atoms with Crippen LogP contribution in [0.5, 0.6) is 0 Å². The number of hydrogen-bond donors (Lipinski definition) is 2. The van der Waals surface area contributed by atoms with Crippen LogP contribution in [0.1, 0.15) is 5.56 Å². The highest BCUT2D eigenvalue weighted by Crippen LogP contribution is 2.36. The molecule has 116 valence electrons. The van der Waals surface area contributed by atoms with Crippen molar-refractivity contribution in [3.8, 4) is 0 Å². The minimum atomic E-state index is -4.33. The standard InChI is InChI=1S/C15H15F3N4/c16-15(17,18)10-3-5-12(6-4-10)22-9-11(8-19)21-14-13(22)2-1-7-20-14/h1-7,11H,8-9,19H2,(H,20,21). The van der Waals surface area contributed by atoms with Crippen LogP contribution in [0.25, 0.3) is 0 Å². The van der Waals surface area contributed by atoms with E-state index < -0.39 is 11.7 Å². The van der Waals surface area contributed by atoms with E-state index >= 15 is 0 Å². The molecule has 0 radical (unpaired) electrons. The van der Waals surface area contributed by atoms with Crippen molar-refractivity contribution >= 4 is 17.2 Å². The molecule has 0 aliphatic carbocycles. The first-order valence-corrected chi connectivity index (χ1v) is 6.85. The average molecular weight is 308 g/mol. The second-order valence-corrected chi connectivity index (χ2v) is 5.10. The summed E-state index contributed by atoms with van der Waals surface area (Å²) in [4.78, 5) is 6.19. The number of nitrogens with one attached hydrogen (secondary N) is 1. The van der Waals surface area contributed by atoms with Crippen LogP contribution in [0.4, 0.5) is 30.4 Å². The van der Waals surface area contributed by atoms with E-state index in [9.17, 15) is 13.2 Å². The van der Waals surface area contributed by atoms with Crippen LogP contribution in [-0.4, -0.2) is 24.1 Å². The van der Waals surface area contributed by atoms with Crippen molar-refractivity contribution in [1.82, 2.24) is 4.98 Å². The molecule has 2 heterocycles. The van der Waals surface area contributed by atoms with Gasteiger partial charge in [0.1, 0.15) is 5.82 Å². The number of nitrogens with zero attached hydrogens (tertiary/aromatic N) is 2. The van der Waals surface area contributed by atoms with Crippen LogP contribution < -0.4 is 16.0 Å². The summed E-state index contributed by atoms with van der Waals surface area (Å²) in [6, 6.07) is 8.78. The number of pyridine rings is 1. The largest absolute Gasteiger partial charge is 0.416 e. The van der Waals surface area contributed by atoms with Crippen molar-refractivity contribution < 1.29 is 13.2 Å². The molecule has 1 atom stereocenters. The third kappa shape index (κ3) is 2.71. The summed E-state index contributed by atoms with van der Waals surface area (Å²) < 4.78 is 38.0. The quantitative estimate of drug-likeness (QED) is 0.895. The maximum Gasteiger partial charge on any atom is 0.416 e. The summed E-state index contributed by atoms with van der Waals surface area (Å²) in [6.45, 7) is 0.980. The van der Waals surface area contributed by atoms with Gasteiger partial charge >= 0.3 is 6.18 Å². The molecule has 1 unspecified atom stereocenters. The molecule has 0 saturated carbocycles. The molecule has 0 saturated heterocycles. The third-order valence-electron chi connectivity index (χ3n) is 3.61. The monoisotopic (exact) mass is 308 g/mol. The van der Waals surface area contributed by atoms with E-state index in [4.69, 9.17) is 5.73 Å². The molecule has 1 aromatic heterocycles. The van der Waals surface area contributed by atoms with E-state index in [0.29, 0.717) is 24.6 Å². The molecule has 3 N–H and O–H groups in total. The summed E-state index contributed by atoms with van der Waals surface area (Å²) >= 11 is 0. The first-order chi connectivity index (χ1) is 10.5. The Balaban J connectivity index is 1.97. The highest BCUT2D eigenvalue weighted by molar-refractivity contribution is 5.76. The van der Waals surface area contributed by atoms with E-state index in [2.05, 4.69) is 10.3 Å². The molecule has 4 nitrogen and oxygen atoms in total. The topological polar surface area (TPSA) is 54.2 Å². The van der Waals surface area contributed by atoms with Crippen LogP contribution in [0.15, 0.2) is 42.6 Å². The van der Waals surface area contributed by atoms with E-state index in [-0.39, 0.29) is 6.04 Å². The second kappa shape index (κ2) is 5.49. The predicted octanol–water partition coefficient (Wildman–Crippen LogP) is 2.99. The fourth-order valence-electron chi connectivity index (χ4n) is 2.49. The molecule has 1 aliphatic rings. The summed E-state index contributed by atoms with van der Waals surface area (Å²) in [7, 11) is 0. The van der Waals surface area contributed by atoms with Crippen molar-refractivity contribution in [3.63, 3.8) is 0 Å². The van der Waals surface area contributed by atoms with E-state index in [1.165, 1.54) is 12.1 Å². The number of hydrogen-bond acceptors (Lipinski definition) is 4. The van der Waals surface area contributed by atoms with Gasteiger partial charge in [-0.25, -0.2) is 4.98 Å². The molecule has 1 aliphatic heterocycles. The molecule has 3 rings (SSSR count). The number of halogens is 3. The van der Waals surface area contributed by atoms with Gasteiger partial charge in [-0.1, -0.05) is 0 Å². The molecule has 0 amide bonds. The number of alkyl halides is 3. The van der Waals surface area contributed by atoms with Crippen LogP contribution in [0.2, 0.25) is 0 Å². The van der Waals surface area contributed by atoms with Gasteiger partial charge in [-0.3, -0.25) is 0 Å². The minimum Gasteiger partial charge on any atom is -0.363 e. The summed E-state index contributed by atoms with van der Waals surface area (Å²) in [5, 5.41) is 3.22. The van der Waals surface area contributed by atoms with E-state index in [0.717, 1.165) is 17.8 Å². The van der Waals surface area contributed by atoms with Crippen molar-refractivity contribution in [2.24, 2.45) is 5.73 Å². The molecule has 0 fully saturated rings. The lowest BCUT2D eigenvalue weighted by atomic mass is 10.1. The van der Waals surface area contributed by atoms with Gasteiger partial charge in [0.05, 0.1) is 17.3 Å². The lowest BCUT2D eigenvalue weighted by Gasteiger charge is -2.36. The van der Waals surface area contributed by atoms with Crippen LogP contribution in [-0.2, 0) is 6.18 Å². The Hall–Kier alpha value is -2.28. The highest BCUT2D eigenvalue weighted by atomic mass is 19.4. The van der Waals surface area contributed by atoms with Gasteiger partial charge in [0.25, 0.3) is 0 Å². The van der Waals surface area contributed by atoms with E-state index in [1.807, 2.05) is 11.0 Å². The number of nitrogens with two attached hydrogens (primary N) is 1. The molecule has 22 heavy (non-hydrogen) atoms. The highest BCUT2D eigenvalue weighted by Gasteiger charge is 2.31. The van der Waals surface area contributed by atoms with Gasteiger partial charge in [0.2, 0.25) is 0 Å². The molecular weight excluding hydrogens is 293 g/mol. The van der Waals surface area contributed by atoms with Crippen LogP contribution in [0.3, 0.4) is 0 Å². The van der Waals surface area contributed by atoms with Gasteiger partial charge < -0.3 is 16.0 Å². The average Bonchev–Trinajstić information content (AvgIpc) is 2.53. The summed E-state index contributed by atoms with van der Waals surface area (Å²) in [5.74, 6) is 0.684. The first kappa shape index (κ1) is 14.6. The number of aromatic nitrogens is 1. The Bertz CT molecular complexity index is 655. The Kier molecular flexibility index (Phi) is 3.66. The van der Waals surface area contributed by atoms with Crippen molar-refractivity contribution in [1.29, 1.82) is 0 Å². The predicted molar refractivity (Wildman–Crippen MR) is 79.2 cm³/mol. The smallest absolute Gasteiger partial charge is 0.363 e. The van der Waals surface area contributed by atoms with Gasteiger partial charge in [-0.15, -0.1) is 0 Å². The van der Waals surface area contributed by atoms with Gasteiger partial charge in [-0.05, 0) is 36.4 Å². The molecule has 0 spiro atoms. The second-order valence-electron chi connectivity index (χ2n) is 5.10. The van der Waals surface area contributed by atoms with E-state index in [1.54, 1.807) is 12.3 Å². The number of fused-ring (bicyclic) bond motifs is 1. The summed E-state index contributed by atoms with van der Waals surface area (Å²) in [6.07, 6.45) is -2.67. The maximum atomic E-state index is 12.7. The molecular formula is C15H15F3N4. The number of rotatable bonds is 2. The molecule has 1 aromatic carbocycles. The number of anilines is 3. The summed E-state index contributed by atoms with van der Waals surface area (Å²) in [5.41, 5.74) is 6.57.